The summed E-state index contributed by atoms with van der Waals surface area (Å²) in [6.45, 7) is 0. The molecular weight excluding hydrogens is 284 g/mol. The molecule has 112 valence electrons. The highest BCUT2D eigenvalue weighted by Gasteiger charge is 2.13. The molecule has 0 fully saturated rings. The predicted molar refractivity (Wildman–Crippen MR) is 81.1 cm³/mol. The van der Waals surface area contributed by atoms with Gasteiger partial charge in [-0.2, -0.15) is 5.10 Å². The number of amides is 1. The summed E-state index contributed by atoms with van der Waals surface area (Å²) in [5, 5.41) is 12.9. The highest BCUT2D eigenvalue weighted by atomic mass is 16.5. The maximum Gasteiger partial charge on any atom is 0.356 e. The average molecular weight is 298 g/mol. The van der Waals surface area contributed by atoms with Crippen molar-refractivity contribution in [3.8, 4) is 5.75 Å². The molecule has 0 bridgehead atoms. The number of carboxylic acid groups (broad SMARTS) is 1. The number of methoxy groups -OCH3 is 1. The summed E-state index contributed by atoms with van der Waals surface area (Å²) in [5.74, 6) is -1.10. The van der Waals surface area contributed by atoms with Crippen molar-refractivity contribution in [2.24, 2.45) is 5.10 Å². The number of aliphatic carboxylic acids is 1. The normalized spacial score (nSPS) is 10.9. The van der Waals surface area contributed by atoms with E-state index in [2.05, 4.69) is 10.5 Å². The smallest absolute Gasteiger partial charge is 0.356 e. The number of carbonyl (C=O) groups excluding carboxylic acids is 1. The van der Waals surface area contributed by atoms with E-state index in [-0.39, 0.29) is 5.71 Å². The Bertz CT molecular complexity index is 694. The second kappa shape index (κ2) is 7.03. The van der Waals surface area contributed by atoms with Gasteiger partial charge in [-0.1, -0.05) is 30.3 Å². The first-order valence-electron chi connectivity index (χ1n) is 6.42. The summed E-state index contributed by atoms with van der Waals surface area (Å²) in [7, 11) is 1.53. The Hall–Kier alpha value is -3.15. The van der Waals surface area contributed by atoms with Gasteiger partial charge in [-0.3, -0.25) is 4.79 Å². The van der Waals surface area contributed by atoms with Crippen LogP contribution in [0.1, 0.15) is 15.9 Å². The molecule has 0 saturated carbocycles. The van der Waals surface area contributed by atoms with Crippen molar-refractivity contribution < 1.29 is 19.4 Å². The monoisotopic (exact) mass is 298 g/mol. The van der Waals surface area contributed by atoms with E-state index in [4.69, 9.17) is 4.74 Å². The summed E-state index contributed by atoms with van der Waals surface area (Å²) in [5.41, 5.74) is 2.77. The van der Waals surface area contributed by atoms with Crippen molar-refractivity contribution >= 4 is 17.6 Å². The van der Waals surface area contributed by atoms with E-state index in [0.29, 0.717) is 16.9 Å². The fraction of sp³-hybridized carbons (Fsp3) is 0.0625. The lowest BCUT2D eigenvalue weighted by molar-refractivity contribution is -0.129. The Morgan fingerprint density at radius 1 is 1.00 bits per heavy atom. The lowest BCUT2D eigenvalue weighted by Gasteiger charge is -2.04. The number of hydrogen-bond acceptors (Lipinski definition) is 4. The van der Waals surface area contributed by atoms with Gasteiger partial charge < -0.3 is 9.84 Å². The van der Waals surface area contributed by atoms with Crippen molar-refractivity contribution in [2.75, 3.05) is 7.11 Å². The Balaban J connectivity index is 2.16. The molecule has 0 spiro atoms. The zero-order valence-corrected chi connectivity index (χ0v) is 11.8. The van der Waals surface area contributed by atoms with Gasteiger partial charge in [-0.15, -0.1) is 0 Å². The SMILES string of the molecule is COc1ccc(C(=O)NN=C(C(=O)O)c2ccccc2)cc1. The number of benzene rings is 2. The van der Waals surface area contributed by atoms with Gasteiger partial charge in [-0.25, -0.2) is 10.2 Å². The van der Waals surface area contributed by atoms with Crippen molar-refractivity contribution in [3.63, 3.8) is 0 Å². The van der Waals surface area contributed by atoms with Crippen molar-refractivity contribution in [1.29, 1.82) is 0 Å². The van der Waals surface area contributed by atoms with Crippen LogP contribution < -0.4 is 10.2 Å². The van der Waals surface area contributed by atoms with Gasteiger partial charge in [0.15, 0.2) is 5.71 Å². The molecule has 2 aromatic carbocycles. The summed E-state index contributed by atoms with van der Waals surface area (Å²) < 4.78 is 5.00. The van der Waals surface area contributed by atoms with Gasteiger partial charge in [0.2, 0.25) is 0 Å². The van der Waals surface area contributed by atoms with Crippen LogP contribution in [0.25, 0.3) is 0 Å². The Morgan fingerprint density at radius 2 is 1.64 bits per heavy atom. The van der Waals surface area contributed by atoms with E-state index < -0.39 is 11.9 Å². The van der Waals surface area contributed by atoms with E-state index in [1.807, 2.05) is 0 Å². The van der Waals surface area contributed by atoms with E-state index >= 15 is 0 Å². The van der Waals surface area contributed by atoms with Crippen LogP contribution in [0, 0.1) is 0 Å². The standard InChI is InChI=1S/C16H14N2O4/c1-22-13-9-7-12(8-10-13)15(19)18-17-14(16(20)21)11-5-3-2-4-6-11/h2-10H,1H3,(H,18,19)(H,20,21). The van der Waals surface area contributed by atoms with E-state index in [9.17, 15) is 14.7 Å². The van der Waals surface area contributed by atoms with Crippen molar-refractivity contribution in [1.82, 2.24) is 5.43 Å². The molecule has 2 rings (SSSR count). The molecule has 0 unspecified atom stereocenters. The molecule has 22 heavy (non-hydrogen) atoms. The molecule has 1 amide bonds. The number of rotatable bonds is 5. The van der Waals surface area contributed by atoms with Crippen LogP contribution in [-0.2, 0) is 4.79 Å². The number of hydrazone groups is 1. The Labute approximate surface area is 127 Å². The van der Waals surface area contributed by atoms with Gasteiger partial charge in [0.25, 0.3) is 5.91 Å². The summed E-state index contributed by atoms with van der Waals surface area (Å²) in [4.78, 5) is 23.2. The lowest BCUT2D eigenvalue weighted by Crippen LogP contribution is -2.24. The minimum atomic E-state index is -1.22. The molecule has 0 atom stereocenters. The molecule has 0 aliphatic carbocycles. The van der Waals surface area contributed by atoms with Crippen LogP contribution in [0.5, 0.6) is 5.75 Å². The third kappa shape index (κ3) is 3.69. The molecule has 0 aliphatic heterocycles. The second-order valence-corrected chi connectivity index (χ2v) is 4.30. The Morgan fingerprint density at radius 3 is 2.18 bits per heavy atom. The van der Waals surface area contributed by atoms with E-state index in [1.54, 1.807) is 54.6 Å². The van der Waals surface area contributed by atoms with Crippen LogP contribution in [0.3, 0.4) is 0 Å². The highest BCUT2D eigenvalue weighted by molar-refractivity contribution is 6.42. The first-order chi connectivity index (χ1) is 10.6. The molecule has 0 heterocycles. The van der Waals surface area contributed by atoms with Gasteiger partial charge >= 0.3 is 5.97 Å². The van der Waals surface area contributed by atoms with Crippen LogP contribution in [0.4, 0.5) is 0 Å². The minimum Gasteiger partial charge on any atom is -0.497 e. The fourth-order valence-corrected chi connectivity index (χ4v) is 1.75. The lowest BCUT2D eigenvalue weighted by atomic mass is 10.1. The van der Waals surface area contributed by atoms with Gasteiger partial charge in [0.1, 0.15) is 5.75 Å². The first-order valence-corrected chi connectivity index (χ1v) is 6.42. The number of nitrogens with one attached hydrogen (secondary N) is 1. The van der Waals surface area contributed by atoms with Crippen LogP contribution in [0.15, 0.2) is 59.7 Å². The third-order valence-corrected chi connectivity index (χ3v) is 2.87. The minimum absolute atomic E-state index is 0.234. The zero-order valence-electron chi connectivity index (χ0n) is 11.8. The second-order valence-electron chi connectivity index (χ2n) is 4.30. The van der Waals surface area contributed by atoms with Gasteiger partial charge in [0.05, 0.1) is 7.11 Å². The first kappa shape index (κ1) is 15.2. The number of carbonyl (C=O) groups is 2. The molecule has 0 saturated heterocycles. The van der Waals surface area contributed by atoms with Crippen molar-refractivity contribution in [2.45, 2.75) is 0 Å². The van der Waals surface area contributed by atoms with Crippen LogP contribution in [0.2, 0.25) is 0 Å². The molecule has 0 aliphatic rings. The van der Waals surface area contributed by atoms with E-state index in [0.717, 1.165) is 0 Å². The molecule has 6 heteroatoms. The molecule has 6 nitrogen and oxygen atoms in total. The van der Waals surface area contributed by atoms with Gasteiger partial charge in [-0.05, 0) is 24.3 Å². The average Bonchev–Trinajstić information content (AvgIpc) is 2.55. The number of hydrogen-bond donors (Lipinski definition) is 2. The maximum absolute atomic E-state index is 12.0. The maximum atomic E-state index is 12.0. The van der Waals surface area contributed by atoms with Crippen LogP contribution in [-0.4, -0.2) is 29.8 Å². The molecule has 2 aromatic rings. The summed E-state index contributed by atoms with van der Waals surface area (Å²) in [6, 6.07) is 14.7. The zero-order chi connectivity index (χ0) is 15.9. The highest BCUT2D eigenvalue weighted by Crippen LogP contribution is 2.11. The third-order valence-electron chi connectivity index (χ3n) is 2.87. The van der Waals surface area contributed by atoms with Crippen molar-refractivity contribution in [3.05, 3.63) is 65.7 Å². The molecule has 0 radical (unpaired) electrons. The summed E-state index contributed by atoms with van der Waals surface area (Å²) in [6.07, 6.45) is 0. The van der Waals surface area contributed by atoms with E-state index in [1.165, 1.54) is 7.11 Å². The number of nitrogens with zero attached hydrogens (tertiary/aromatic N) is 1. The predicted octanol–water partition coefficient (Wildman–Crippen LogP) is 1.91. The van der Waals surface area contributed by atoms with Crippen LogP contribution >= 0.6 is 0 Å². The number of ether oxygens (including phenoxy) is 1. The Kier molecular flexibility index (Phi) is 4.87. The fourth-order valence-electron chi connectivity index (χ4n) is 1.75. The quantitative estimate of drug-likeness (QED) is 0.652. The summed E-state index contributed by atoms with van der Waals surface area (Å²) >= 11 is 0. The topological polar surface area (TPSA) is 88.0 Å². The van der Waals surface area contributed by atoms with Gasteiger partial charge in [0, 0.05) is 11.1 Å². The largest absolute Gasteiger partial charge is 0.497 e. The molecule has 0 aromatic heterocycles. The molecular formula is C16H14N2O4. The number of carboxylic acids is 1. The molecule has 2 N–H and O–H groups in total.